The van der Waals surface area contributed by atoms with Crippen molar-refractivity contribution in [3.8, 4) is 0 Å². The fraction of sp³-hybridized carbons (Fsp3) is 0.143. The SMILES string of the molecule is C1=Cc2ccsc2N=NC1. The Labute approximate surface area is 62.9 Å². The van der Waals surface area contributed by atoms with Crippen molar-refractivity contribution in [2.75, 3.05) is 6.54 Å². The van der Waals surface area contributed by atoms with E-state index in [4.69, 9.17) is 0 Å². The lowest BCUT2D eigenvalue weighted by Crippen LogP contribution is -1.62. The van der Waals surface area contributed by atoms with E-state index in [0.29, 0.717) is 6.54 Å². The number of rotatable bonds is 0. The van der Waals surface area contributed by atoms with Crippen LogP contribution in [0.1, 0.15) is 5.56 Å². The van der Waals surface area contributed by atoms with Crippen molar-refractivity contribution in [1.82, 2.24) is 0 Å². The highest BCUT2D eigenvalue weighted by Crippen LogP contribution is 2.28. The maximum Gasteiger partial charge on any atom is 0.145 e. The molecule has 0 radical (unpaired) electrons. The molecular weight excluding hydrogens is 144 g/mol. The quantitative estimate of drug-likeness (QED) is 0.543. The van der Waals surface area contributed by atoms with E-state index in [-0.39, 0.29) is 0 Å². The number of nitrogens with zero attached hydrogens (tertiary/aromatic N) is 2. The summed E-state index contributed by atoms with van der Waals surface area (Å²) in [5, 5.41) is 11.0. The number of hydrogen-bond acceptors (Lipinski definition) is 3. The van der Waals surface area contributed by atoms with Crippen LogP contribution in [0.25, 0.3) is 6.08 Å². The van der Waals surface area contributed by atoms with Gasteiger partial charge in [0, 0.05) is 5.56 Å². The van der Waals surface area contributed by atoms with Crippen molar-refractivity contribution in [2.24, 2.45) is 10.2 Å². The average molecular weight is 150 g/mol. The lowest BCUT2D eigenvalue weighted by Gasteiger charge is -1.82. The molecular formula is C7H6N2S. The zero-order valence-corrected chi connectivity index (χ0v) is 6.14. The van der Waals surface area contributed by atoms with Gasteiger partial charge >= 0.3 is 0 Å². The number of fused-ring (bicyclic) bond motifs is 1. The second-order valence-electron chi connectivity index (χ2n) is 2.01. The second kappa shape index (κ2) is 2.34. The maximum atomic E-state index is 4.03. The van der Waals surface area contributed by atoms with Crippen LogP contribution in [0.15, 0.2) is 27.8 Å². The molecule has 50 valence electrons. The molecule has 2 rings (SSSR count). The third kappa shape index (κ3) is 0.885. The van der Waals surface area contributed by atoms with Gasteiger partial charge in [0.2, 0.25) is 0 Å². The smallest absolute Gasteiger partial charge is 0.145 e. The predicted molar refractivity (Wildman–Crippen MR) is 42.7 cm³/mol. The van der Waals surface area contributed by atoms with Crippen molar-refractivity contribution >= 4 is 22.4 Å². The molecule has 0 spiro atoms. The summed E-state index contributed by atoms with van der Waals surface area (Å²) in [6.07, 6.45) is 4.08. The minimum Gasteiger partial charge on any atom is -0.184 e. The molecule has 0 saturated carbocycles. The molecule has 2 nitrogen and oxygen atoms in total. The number of azo groups is 1. The Bertz CT molecular complexity index is 259. The summed E-state index contributed by atoms with van der Waals surface area (Å²) >= 11 is 1.63. The van der Waals surface area contributed by atoms with Gasteiger partial charge in [0.25, 0.3) is 0 Å². The minimum atomic E-state index is 0.710. The van der Waals surface area contributed by atoms with Gasteiger partial charge in [0.05, 0.1) is 6.54 Å². The van der Waals surface area contributed by atoms with E-state index in [2.05, 4.69) is 22.4 Å². The van der Waals surface area contributed by atoms with Gasteiger partial charge in [0.15, 0.2) is 0 Å². The Kier molecular flexibility index (Phi) is 1.36. The Hall–Kier alpha value is -0.960. The van der Waals surface area contributed by atoms with E-state index >= 15 is 0 Å². The van der Waals surface area contributed by atoms with Crippen molar-refractivity contribution in [3.63, 3.8) is 0 Å². The van der Waals surface area contributed by atoms with Gasteiger partial charge in [-0.3, -0.25) is 0 Å². The lowest BCUT2D eigenvalue weighted by molar-refractivity contribution is 1.09. The van der Waals surface area contributed by atoms with Gasteiger partial charge in [0.1, 0.15) is 5.00 Å². The van der Waals surface area contributed by atoms with Crippen LogP contribution in [0, 0.1) is 0 Å². The summed E-state index contributed by atoms with van der Waals surface area (Å²) in [7, 11) is 0. The number of thiophene rings is 1. The Morgan fingerprint density at radius 1 is 1.50 bits per heavy atom. The van der Waals surface area contributed by atoms with E-state index in [1.807, 2.05) is 11.5 Å². The van der Waals surface area contributed by atoms with Gasteiger partial charge < -0.3 is 0 Å². The van der Waals surface area contributed by atoms with Crippen LogP contribution in [-0.4, -0.2) is 6.54 Å². The zero-order valence-electron chi connectivity index (χ0n) is 5.32. The van der Waals surface area contributed by atoms with Gasteiger partial charge in [-0.05, 0) is 11.4 Å². The molecule has 1 aromatic heterocycles. The molecule has 0 bridgehead atoms. The zero-order chi connectivity index (χ0) is 6.81. The van der Waals surface area contributed by atoms with Crippen LogP contribution < -0.4 is 0 Å². The maximum absolute atomic E-state index is 4.03. The van der Waals surface area contributed by atoms with Crippen molar-refractivity contribution in [1.29, 1.82) is 0 Å². The fourth-order valence-corrected chi connectivity index (χ4v) is 1.57. The molecule has 0 atom stereocenters. The van der Waals surface area contributed by atoms with Gasteiger partial charge in [-0.15, -0.1) is 16.5 Å². The molecule has 1 aliphatic heterocycles. The number of hydrogen-bond donors (Lipinski definition) is 0. The average Bonchev–Trinajstić information content (AvgIpc) is 2.28. The molecule has 0 saturated heterocycles. The van der Waals surface area contributed by atoms with E-state index < -0.39 is 0 Å². The highest BCUT2D eigenvalue weighted by atomic mass is 32.1. The summed E-state index contributed by atoms with van der Waals surface area (Å²) in [6.45, 7) is 0.710. The monoisotopic (exact) mass is 150 g/mol. The van der Waals surface area contributed by atoms with E-state index in [1.165, 1.54) is 5.56 Å². The first-order valence-corrected chi connectivity index (χ1v) is 3.96. The minimum absolute atomic E-state index is 0.710. The topological polar surface area (TPSA) is 24.7 Å². The van der Waals surface area contributed by atoms with E-state index in [1.54, 1.807) is 11.3 Å². The van der Waals surface area contributed by atoms with Crippen molar-refractivity contribution in [3.05, 3.63) is 23.1 Å². The Morgan fingerprint density at radius 2 is 2.50 bits per heavy atom. The molecule has 0 unspecified atom stereocenters. The molecule has 10 heavy (non-hydrogen) atoms. The molecule has 1 aliphatic rings. The Morgan fingerprint density at radius 3 is 3.50 bits per heavy atom. The first kappa shape index (κ1) is 5.80. The van der Waals surface area contributed by atoms with E-state index in [9.17, 15) is 0 Å². The summed E-state index contributed by atoms with van der Waals surface area (Å²) < 4.78 is 0. The predicted octanol–water partition coefficient (Wildman–Crippen LogP) is 2.86. The molecule has 0 aromatic carbocycles. The van der Waals surface area contributed by atoms with Crippen LogP contribution >= 0.6 is 11.3 Å². The fourth-order valence-electron chi connectivity index (χ4n) is 0.851. The normalized spacial score (nSPS) is 14.8. The molecule has 3 heteroatoms. The van der Waals surface area contributed by atoms with Crippen molar-refractivity contribution < 1.29 is 0 Å². The molecule has 0 fully saturated rings. The van der Waals surface area contributed by atoms with Gasteiger partial charge in [-0.2, -0.15) is 5.11 Å². The van der Waals surface area contributed by atoms with Crippen LogP contribution in [0.5, 0.6) is 0 Å². The highest BCUT2D eigenvalue weighted by molar-refractivity contribution is 7.14. The third-order valence-corrected chi connectivity index (χ3v) is 2.13. The largest absolute Gasteiger partial charge is 0.184 e. The van der Waals surface area contributed by atoms with Crippen LogP contribution in [0.2, 0.25) is 0 Å². The molecule has 1 aromatic rings. The third-order valence-electron chi connectivity index (χ3n) is 1.32. The summed E-state index contributed by atoms with van der Waals surface area (Å²) in [4.78, 5) is 0. The first-order chi connectivity index (χ1) is 4.97. The summed E-state index contributed by atoms with van der Waals surface area (Å²) in [6, 6.07) is 2.06. The molecule has 0 aliphatic carbocycles. The lowest BCUT2D eigenvalue weighted by atomic mass is 10.3. The standard InChI is InChI=1S/C7H6N2S/c1-2-6-3-5-10-7(6)9-8-4-1/h1-3,5H,4H2. The van der Waals surface area contributed by atoms with Crippen LogP contribution in [-0.2, 0) is 0 Å². The van der Waals surface area contributed by atoms with Crippen LogP contribution in [0.3, 0.4) is 0 Å². The Balaban J connectivity index is 2.56. The summed E-state index contributed by atoms with van der Waals surface area (Å²) in [5.41, 5.74) is 1.19. The van der Waals surface area contributed by atoms with E-state index in [0.717, 1.165) is 5.00 Å². The molecule has 0 amide bonds. The van der Waals surface area contributed by atoms with Gasteiger partial charge in [-0.1, -0.05) is 12.2 Å². The summed E-state index contributed by atoms with van der Waals surface area (Å²) in [5.74, 6) is 0. The first-order valence-electron chi connectivity index (χ1n) is 3.08. The molecule has 2 heterocycles. The highest BCUT2D eigenvalue weighted by Gasteiger charge is 2.00. The molecule has 0 N–H and O–H groups in total. The van der Waals surface area contributed by atoms with Crippen LogP contribution in [0.4, 0.5) is 5.00 Å². The second-order valence-corrected chi connectivity index (χ2v) is 2.90. The van der Waals surface area contributed by atoms with Gasteiger partial charge in [-0.25, -0.2) is 0 Å². The van der Waals surface area contributed by atoms with Crippen molar-refractivity contribution in [2.45, 2.75) is 0 Å².